The lowest BCUT2D eigenvalue weighted by Crippen LogP contribution is -2.61. The number of methoxy groups -OCH3 is 1. The molecule has 5 rings (SSSR count). The molecule has 9 N–H and O–H groups in total. The van der Waals surface area contributed by atoms with Crippen molar-refractivity contribution in [2.75, 3.05) is 13.7 Å². The number of benzene rings is 2. The van der Waals surface area contributed by atoms with Crippen molar-refractivity contribution in [3.8, 4) is 40.1 Å². The first-order valence-corrected chi connectivity index (χ1v) is 13.3. The quantitative estimate of drug-likeness (QED) is 0.154. The maximum absolute atomic E-state index is 10.7. The third kappa shape index (κ3) is 5.99. The number of ether oxygens (including phenoxy) is 5. The molecule has 2 saturated heterocycles. The van der Waals surface area contributed by atoms with Crippen LogP contribution >= 0.6 is 0 Å². The third-order valence-corrected chi connectivity index (χ3v) is 7.40. The van der Waals surface area contributed by atoms with E-state index in [0.29, 0.717) is 5.56 Å². The fourth-order valence-corrected chi connectivity index (χ4v) is 4.91. The van der Waals surface area contributed by atoms with Crippen LogP contribution in [-0.4, -0.2) is 121 Å². The maximum Gasteiger partial charge on any atom is 0.402 e. The number of aliphatic hydroxyl groups excluding tert-OH is 6. The number of fused-ring (bicyclic) bond motifs is 1. The van der Waals surface area contributed by atoms with Gasteiger partial charge in [0.2, 0.25) is 12.0 Å². The first kappa shape index (κ1) is 30.9. The zero-order valence-corrected chi connectivity index (χ0v) is 22.9. The molecule has 2 fully saturated rings. The molecule has 10 atom stereocenters. The minimum atomic E-state index is -1.80. The molecule has 15 nitrogen and oxygen atoms in total. The van der Waals surface area contributed by atoms with Gasteiger partial charge in [-0.1, -0.05) is 0 Å². The molecule has 0 bridgehead atoms. The van der Waals surface area contributed by atoms with Crippen LogP contribution in [-0.2, 0) is 14.2 Å². The van der Waals surface area contributed by atoms with Gasteiger partial charge in [-0.3, -0.25) is 0 Å². The molecule has 234 valence electrons. The summed E-state index contributed by atoms with van der Waals surface area (Å²) in [5.74, 6) is -0.865. The van der Waals surface area contributed by atoms with Crippen molar-refractivity contribution in [1.29, 1.82) is 0 Å². The van der Waals surface area contributed by atoms with Gasteiger partial charge in [-0.25, -0.2) is 4.42 Å². The van der Waals surface area contributed by atoms with Crippen LogP contribution in [0.1, 0.15) is 6.92 Å². The summed E-state index contributed by atoms with van der Waals surface area (Å²) in [5.41, 5.74) is 0.352. The summed E-state index contributed by atoms with van der Waals surface area (Å²) in [5, 5.41) is 92.6. The van der Waals surface area contributed by atoms with Crippen molar-refractivity contribution in [1.82, 2.24) is 0 Å². The van der Waals surface area contributed by atoms with Crippen LogP contribution in [0, 0.1) is 0 Å². The molecule has 0 radical (unpaired) electrons. The van der Waals surface area contributed by atoms with Gasteiger partial charge >= 0.3 is 11.3 Å². The van der Waals surface area contributed by atoms with E-state index in [1.807, 2.05) is 0 Å². The van der Waals surface area contributed by atoms with E-state index in [9.17, 15) is 46.0 Å². The molecule has 0 amide bonds. The van der Waals surface area contributed by atoms with Gasteiger partial charge in [0.05, 0.1) is 31.5 Å². The second-order valence-corrected chi connectivity index (χ2v) is 10.4. The molecule has 0 saturated carbocycles. The van der Waals surface area contributed by atoms with Gasteiger partial charge in [0.15, 0.2) is 17.8 Å². The third-order valence-electron chi connectivity index (χ3n) is 7.40. The van der Waals surface area contributed by atoms with Crippen LogP contribution in [0.15, 0.2) is 40.8 Å². The van der Waals surface area contributed by atoms with Gasteiger partial charge in [0.1, 0.15) is 59.6 Å². The fourth-order valence-electron chi connectivity index (χ4n) is 4.91. The van der Waals surface area contributed by atoms with E-state index in [0.717, 1.165) is 6.07 Å². The fraction of sp³-hybridized carbons (Fsp3) is 0.464. The van der Waals surface area contributed by atoms with E-state index in [2.05, 4.69) is 0 Å². The highest BCUT2D eigenvalue weighted by Crippen LogP contribution is 2.42. The van der Waals surface area contributed by atoms with Crippen LogP contribution in [0.25, 0.3) is 22.3 Å². The van der Waals surface area contributed by atoms with Crippen LogP contribution in [0.3, 0.4) is 0 Å². The van der Waals surface area contributed by atoms with Gasteiger partial charge in [-0.15, -0.1) is 0 Å². The topological polar surface area (TPSA) is 240 Å². The highest BCUT2D eigenvalue weighted by Gasteiger charge is 2.48. The first-order chi connectivity index (χ1) is 20.4. The minimum absolute atomic E-state index is 0.0136. The second-order valence-electron chi connectivity index (χ2n) is 10.4. The Morgan fingerprint density at radius 3 is 2.16 bits per heavy atom. The zero-order valence-electron chi connectivity index (χ0n) is 22.9. The number of rotatable bonds is 7. The number of aliphatic hydroxyl groups is 6. The molecular formula is C28H33O15+. The summed E-state index contributed by atoms with van der Waals surface area (Å²) >= 11 is 0. The molecule has 10 unspecified atom stereocenters. The van der Waals surface area contributed by atoms with Crippen molar-refractivity contribution in [3.63, 3.8) is 0 Å². The summed E-state index contributed by atoms with van der Waals surface area (Å²) < 4.78 is 33.7. The Kier molecular flexibility index (Phi) is 8.80. The molecule has 43 heavy (non-hydrogen) atoms. The van der Waals surface area contributed by atoms with E-state index < -0.39 is 68.0 Å². The van der Waals surface area contributed by atoms with Crippen molar-refractivity contribution in [3.05, 3.63) is 36.4 Å². The lowest BCUT2D eigenvalue weighted by atomic mass is 9.98. The normalized spacial score (nSPS) is 32.9. The van der Waals surface area contributed by atoms with Gasteiger partial charge in [0, 0.05) is 18.2 Å². The van der Waals surface area contributed by atoms with Gasteiger partial charge in [-0.05, 0) is 19.1 Å². The lowest BCUT2D eigenvalue weighted by molar-refractivity contribution is -0.318. The van der Waals surface area contributed by atoms with Gasteiger partial charge < -0.3 is 69.6 Å². The van der Waals surface area contributed by atoms with Crippen molar-refractivity contribution < 1.29 is 74.1 Å². The summed E-state index contributed by atoms with van der Waals surface area (Å²) in [4.78, 5) is 0. The maximum atomic E-state index is 10.7. The molecule has 2 aromatic carbocycles. The Bertz CT molecular complexity index is 1450. The largest absolute Gasteiger partial charge is 0.507 e. The number of phenols is 3. The van der Waals surface area contributed by atoms with Gasteiger partial charge in [-0.2, -0.15) is 0 Å². The van der Waals surface area contributed by atoms with E-state index >= 15 is 0 Å². The molecule has 0 spiro atoms. The predicted molar refractivity (Wildman–Crippen MR) is 143 cm³/mol. The molecular weight excluding hydrogens is 576 g/mol. The summed E-state index contributed by atoms with van der Waals surface area (Å²) in [6.45, 7) is 0.952. The number of phenolic OH excluding ortho intramolecular Hbond substituents is 3. The molecule has 3 heterocycles. The molecule has 2 aliphatic rings. The van der Waals surface area contributed by atoms with Crippen LogP contribution in [0.4, 0.5) is 0 Å². The van der Waals surface area contributed by atoms with Crippen LogP contribution in [0.2, 0.25) is 0 Å². The minimum Gasteiger partial charge on any atom is -0.507 e. The Labute approximate surface area is 243 Å². The molecule has 3 aromatic rings. The summed E-state index contributed by atoms with van der Waals surface area (Å²) in [7, 11) is 1.34. The van der Waals surface area contributed by atoms with Crippen molar-refractivity contribution >= 4 is 11.0 Å². The first-order valence-electron chi connectivity index (χ1n) is 13.3. The van der Waals surface area contributed by atoms with Crippen LogP contribution < -0.4 is 9.47 Å². The van der Waals surface area contributed by atoms with E-state index in [4.69, 9.17) is 28.1 Å². The van der Waals surface area contributed by atoms with E-state index in [1.165, 1.54) is 44.4 Å². The Morgan fingerprint density at radius 1 is 0.744 bits per heavy atom. The number of hydrogen-bond donors (Lipinski definition) is 9. The standard InChI is InChI=1S/C28H32O15/c1-10-20(32)22(34)24(36)27(40-10)39-9-19-21(33)23(35)25(37)28(43-19)42-18-8-13-15(31)6-12(29)7-16(13)41-26(18)11-3-4-14(30)17(5-11)38-2/h3-8,10,19-25,27-28,32-37H,9H2,1-2H3,(H2-,29,30,31)/p+1. The Balaban J connectivity index is 1.45. The molecule has 0 aliphatic carbocycles. The lowest BCUT2D eigenvalue weighted by Gasteiger charge is -2.42. The van der Waals surface area contributed by atoms with E-state index in [-0.39, 0.29) is 45.5 Å². The average Bonchev–Trinajstić information content (AvgIpc) is 2.98. The zero-order chi connectivity index (χ0) is 31.2. The monoisotopic (exact) mass is 609 g/mol. The smallest absolute Gasteiger partial charge is 0.402 e. The van der Waals surface area contributed by atoms with Crippen LogP contribution in [0.5, 0.6) is 28.7 Å². The average molecular weight is 610 g/mol. The van der Waals surface area contributed by atoms with Gasteiger partial charge in [0.25, 0.3) is 0 Å². The summed E-state index contributed by atoms with van der Waals surface area (Å²) in [6, 6.07) is 7.87. The van der Waals surface area contributed by atoms with Crippen molar-refractivity contribution in [2.45, 2.75) is 68.3 Å². The highest BCUT2D eigenvalue weighted by molar-refractivity contribution is 5.88. The number of aromatic hydroxyl groups is 3. The SMILES string of the molecule is COc1cc(-c2[o+]c3cc(O)cc(O)c3cc2OC2OC(COC3OC(C)C(O)C(O)C3O)C(O)C(O)C2O)ccc1O. The summed E-state index contributed by atoms with van der Waals surface area (Å²) in [6.07, 6.45) is -15.1. The van der Waals surface area contributed by atoms with Crippen molar-refractivity contribution in [2.24, 2.45) is 0 Å². The number of hydrogen-bond acceptors (Lipinski definition) is 14. The molecule has 2 aliphatic heterocycles. The Morgan fingerprint density at radius 2 is 1.44 bits per heavy atom. The molecule has 1 aromatic heterocycles. The second kappa shape index (κ2) is 12.2. The predicted octanol–water partition coefficient (Wildman–Crippen LogP) is -0.463. The Hall–Kier alpha value is -3.51. The highest BCUT2D eigenvalue weighted by atomic mass is 16.7. The molecule has 15 heteroatoms. The van der Waals surface area contributed by atoms with E-state index in [1.54, 1.807) is 0 Å².